The minimum absolute atomic E-state index is 0.377. The number of hydrogen-bond acceptors (Lipinski definition) is 3. The molecule has 3 heteroatoms. The van der Waals surface area contributed by atoms with Crippen LogP contribution in [0, 0.1) is 5.41 Å². The number of carbonyl (C=O) groups excluding carboxylic acids is 2. The third-order valence-corrected chi connectivity index (χ3v) is 3.95. The van der Waals surface area contributed by atoms with E-state index in [4.69, 9.17) is 0 Å². The lowest BCUT2D eigenvalue weighted by molar-refractivity contribution is -0.123. The van der Waals surface area contributed by atoms with Crippen molar-refractivity contribution in [3.05, 3.63) is 84.6 Å². The Morgan fingerprint density at radius 1 is 0.826 bits per heavy atom. The number of anilines is 2. The molecule has 0 bridgehead atoms. The van der Waals surface area contributed by atoms with Gasteiger partial charge in [0.25, 0.3) is 0 Å². The van der Waals surface area contributed by atoms with Crippen LogP contribution in [0.2, 0.25) is 0 Å². The highest BCUT2D eigenvalue weighted by Crippen LogP contribution is 2.34. The molecule has 1 aliphatic carbocycles. The number of benzene rings is 2. The molecule has 0 aliphatic heterocycles. The van der Waals surface area contributed by atoms with Crippen LogP contribution in [0.3, 0.4) is 0 Å². The summed E-state index contributed by atoms with van der Waals surface area (Å²) in [6.45, 7) is 0. The predicted octanol–water partition coefficient (Wildman–Crippen LogP) is 4.05. The van der Waals surface area contributed by atoms with Gasteiger partial charge >= 0.3 is 0 Å². The summed E-state index contributed by atoms with van der Waals surface area (Å²) < 4.78 is 0. The van der Waals surface area contributed by atoms with Crippen LogP contribution >= 0.6 is 0 Å². The van der Waals surface area contributed by atoms with Gasteiger partial charge in [-0.2, -0.15) is 0 Å². The summed E-state index contributed by atoms with van der Waals surface area (Å²) in [4.78, 5) is 24.5. The van der Waals surface area contributed by atoms with Crippen LogP contribution in [0.15, 0.2) is 84.6 Å². The van der Waals surface area contributed by atoms with E-state index in [9.17, 15) is 9.59 Å². The largest absolute Gasteiger partial charge is 0.311 e. The highest BCUT2D eigenvalue weighted by Gasteiger charge is 2.28. The molecule has 23 heavy (non-hydrogen) atoms. The van der Waals surface area contributed by atoms with E-state index in [1.165, 1.54) is 0 Å². The highest BCUT2D eigenvalue weighted by molar-refractivity contribution is 5.88. The summed E-state index contributed by atoms with van der Waals surface area (Å²) in [7, 11) is 0. The van der Waals surface area contributed by atoms with E-state index < -0.39 is 5.41 Å². The lowest BCUT2D eigenvalue weighted by Crippen LogP contribution is -2.26. The van der Waals surface area contributed by atoms with E-state index in [1.807, 2.05) is 72.8 Å². The molecule has 0 fully saturated rings. The van der Waals surface area contributed by atoms with Crippen LogP contribution in [0.25, 0.3) is 0 Å². The first-order valence-corrected chi connectivity index (χ1v) is 7.50. The Balaban J connectivity index is 2.02. The fourth-order valence-electron chi connectivity index (χ4n) is 2.63. The minimum Gasteiger partial charge on any atom is -0.311 e. The van der Waals surface area contributed by atoms with E-state index in [2.05, 4.69) is 4.90 Å². The van der Waals surface area contributed by atoms with Crippen LogP contribution in [0.4, 0.5) is 11.4 Å². The van der Waals surface area contributed by atoms with E-state index in [1.54, 1.807) is 6.08 Å². The van der Waals surface area contributed by atoms with Gasteiger partial charge in [-0.3, -0.25) is 0 Å². The van der Waals surface area contributed by atoms with Gasteiger partial charge in [0.15, 0.2) is 0 Å². The molecule has 0 heterocycles. The number of carbonyl (C=O) groups is 2. The molecule has 0 saturated carbocycles. The Bertz CT molecular complexity index is 700. The number of aldehydes is 2. The molecule has 0 unspecified atom stereocenters. The second kappa shape index (κ2) is 6.44. The Labute approximate surface area is 135 Å². The number of allylic oxidation sites excluding steroid dienone is 3. The van der Waals surface area contributed by atoms with Gasteiger partial charge in [0.05, 0.1) is 0 Å². The van der Waals surface area contributed by atoms with Crippen LogP contribution in [0.1, 0.15) is 6.42 Å². The summed E-state index contributed by atoms with van der Waals surface area (Å²) >= 11 is 0. The first-order chi connectivity index (χ1) is 11.3. The van der Waals surface area contributed by atoms with Crippen molar-refractivity contribution in [3.63, 3.8) is 0 Å². The SMILES string of the molecule is O=CC1(C=O)C=CC(N(c2ccccc2)c2ccccc2)=CC1. The van der Waals surface area contributed by atoms with Crippen LogP contribution in [-0.2, 0) is 9.59 Å². The van der Waals surface area contributed by atoms with Crippen molar-refractivity contribution in [2.75, 3.05) is 4.90 Å². The fourth-order valence-corrected chi connectivity index (χ4v) is 2.63. The summed E-state index contributed by atoms with van der Waals surface area (Å²) in [5, 5.41) is 0. The fraction of sp³-hybridized carbons (Fsp3) is 0.100. The molecular formula is C20H17NO2. The lowest BCUT2D eigenvalue weighted by Gasteiger charge is -2.30. The molecule has 1 aliphatic rings. The van der Waals surface area contributed by atoms with Gasteiger partial charge in [-0.1, -0.05) is 48.6 Å². The van der Waals surface area contributed by atoms with Gasteiger partial charge in [-0.15, -0.1) is 0 Å². The highest BCUT2D eigenvalue weighted by atomic mass is 16.1. The second-order valence-electron chi connectivity index (χ2n) is 5.52. The Morgan fingerprint density at radius 3 is 1.74 bits per heavy atom. The molecule has 0 amide bonds. The average Bonchev–Trinajstić information content (AvgIpc) is 2.65. The molecule has 2 aromatic rings. The zero-order chi connectivity index (χ0) is 16.1. The third-order valence-electron chi connectivity index (χ3n) is 3.95. The van der Waals surface area contributed by atoms with Gasteiger partial charge in [-0.25, -0.2) is 0 Å². The van der Waals surface area contributed by atoms with Crippen LogP contribution < -0.4 is 4.90 Å². The molecule has 0 spiro atoms. The minimum atomic E-state index is -1.03. The van der Waals surface area contributed by atoms with Gasteiger partial charge in [0.2, 0.25) is 0 Å². The number of rotatable bonds is 5. The van der Waals surface area contributed by atoms with Crippen molar-refractivity contribution in [2.45, 2.75) is 6.42 Å². The molecule has 0 aromatic heterocycles. The molecule has 0 radical (unpaired) electrons. The van der Waals surface area contributed by atoms with E-state index in [0.29, 0.717) is 19.0 Å². The normalized spacial score (nSPS) is 15.6. The summed E-state index contributed by atoms with van der Waals surface area (Å²) in [6, 6.07) is 20.0. The van der Waals surface area contributed by atoms with E-state index in [-0.39, 0.29) is 0 Å². The van der Waals surface area contributed by atoms with Crippen LogP contribution in [0.5, 0.6) is 0 Å². The third kappa shape index (κ3) is 2.99. The molecular weight excluding hydrogens is 286 g/mol. The van der Waals surface area contributed by atoms with Gasteiger partial charge in [0, 0.05) is 17.1 Å². The molecule has 0 N–H and O–H groups in total. The average molecular weight is 303 g/mol. The zero-order valence-electron chi connectivity index (χ0n) is 12.6. The maximum atomic E-state index is 11.2. The standard InChI is InChI=1S/C20H17NO2/c22-15-20(16-23)13-11-19(12-14-20)21(17-7-3-1-4-8-17)18-9-5-2-6-10-18/h1-13,15-16H,14H2. The monoisotopic (exact) mass is 303 g/mol. The smallest absolute Gasteiger partial charge is 0.137 e. The first kappa shape index (κ1) is 15.0. The molecule has 0 atom stereocenters. The number of nitrogens with zero attached hydrogens (tertiary/aromatic N) is 1. The zero-order valence-corrected chi connectivity index (χ0v) is 12.6. The van der Waals surface area contributed by atoms with Gasteiger partial charge in [0.1, 0.15) is 18.0 Å². The maximum absolute atomic E-state index is 11.2. The Kier molecular flexibility index (Phi) is 4.20. The summed E-state index contributed by atoms with van der Waals surface area (Å²) in [5.41, 5.74) is 1.98. The maximum Gasteiger partial charge on any atom is 0.137 e. The van der Waals surface area contributed by atoms with Gasteiger partial charge < -0.3 is 14.5 Å². The Morgan fingerprint density at radius 2 is 1.35 bits per heavy atom. The lowest BCUT2D eigenvalue weighted by atomic mass is 9.84. The second-order valence-corrected chi connectivity index (χ2v) is 5.52. The molecule has 114 valence electrons. The first-order valence-electron chi connectivity index (χ1n) is 7.50. The van der Waals surface area contributed by atoms with Crippen molar-refractivity contribution < 1.29 is 9.59 Å². The molecule has 2 aromatic carbocycles. The quantitative estimate of drug-likeness (QED) is 0.617. The van der Waals surface area contributed by atoms with Crippen molar-refractivity contribution in [3.8, 4) is 0 Å². The van der Waals surface area contributed by atoms with Crippen molar-refractivity contribution in [1.82, 2.24) is 0 Å². The number of hydrogen-bond donors (Lipinski definition) is 0. The Hall–Kier alpha value is -2.94. The van der Waals surface area contributed by atoms with Crippen molar-refractivity contribution >= 4 is 23.9 Å². The number of para-hydroxylation sites is 2. The summed E-state index contributed by atoms with van der Waals surface area (Å²) in [5.74, 6) is 0. The van der Waals surface area contributed by atoms with E-state index >= 15 is 0 Å². The summed E-state index contributed by atoms with van der Waals surface area (Å²) in [6.07, 6.45) is 7.25. The predicted molar refractivity (Wildman–Crippen MR) is 91.4 cm³/mol. The van der Waals surface area contributed by atoms with Crippen molar-refractivity contribution in [1.29, 1.82) is 0 Å². The van der Waals surface area contributed by atoms with E-state index in [0.717, 1.165) is 17.1 Å². The van der Waals surface area contributed by atoms with Gasteiger partial charge in [-0.05, 0) is 36.8 Å². The molecule has 0 saturated heterocycles. The topological polar surface area (TPSA) is 37.4 Å². The molecule has 3 rings (SSSR count). The van der Waals surface area contributed by atoms with Crippen molar-refractivity contribution in [2.24, 2.45) is 5.41 Å². The van der Waals surface area contributed by atoms with Crippen LogP contribution in [-0.4, -0.2) is 12.6 Å². The molecule has 3 nitrogen and oxygen atoms in total.